The Bertz CT molecular complexity index is 1320. The number of anilines is 2. The molecule has 0 spiro atoms. The molecule has 1 N–H and O–H groups in total. The number of para-hydroxylation sites is 1. The summed E-state index contributed by atoms with van der Waals surface area (Å²) in [7, 11) is -4.02. The van der Waals surface area contributed by atoms with E-state index in [0.717, 1.165) is 4.90 Å². The van der Waals surface area contributed by atoms with Gasteiger partial charge in [0.15, 0.2) is 11.6 Å². The van der Waals surface area contributed by atoms with Gasteiger partial charge < -0.3 is 4.74 Å². The first-order chi connectivity index (χ1) is 15.7. The number of aryl methyl sites for hydroxylation is 2. The van der Waals surface area contributed by atoms with Crippen LogP contribution in [0.25, 0.3) is 0 Å². The quantitative estimate of drug-likeness (QED) is 0.548. The van der Waals surface area contributed by atoms with Gasteiger partial charge in [-0.2, -0.15) is 9.97 Å². The second-order valence-corrected chi connectivity index (χ2v) is 8.99. The Morgan fingerprint density at radius 1 is 0.939 bits per heavy atom. The Balaban J connectivity index is 1.56. The fourth-order valence-electron chi connectivity index (χ4n) is 3.34. The summed E-state index contributed by atoms with van der Waals surface area (Å²) in [5, 5.41) is 0. The summed E-state index contributed by atoms with van der Waals surface area (Å²) in [5.74, 6) is -1.29. The van der Waals surface area contributed by atoms with Crippen LogP contribution in [0.1, 0.15) is 24.2 Å². The molecule has 2 aromatic carbocycles. The number of imide groups is 1. The van der Waals surface area contributed by atoms with Crippen molar-refractivity contribution in [1.82, 2.24) is 9.97 Å². The number of benzene rings is 2. The van der Waals surface area contributed by atoms with Crippen LogP contribution >= 0.6 is 0 Å². The zero-order valence-electron chi connectivity index (χ0n) is 17.7. The van der Waals surface area contributed by atoms with Crippen LogP contribution in [0, 0.1) is 19.7 Å². The van der Waals surface area contributed by atoms with E-state index < -0.39 is 15.8 Å². The van der Waals surface area contributed by atoms with Crippen LogP contribution < -0.4 is 14.4 Å². The van der Waals surface area contributed by atoms with Crippen LogP contribution in [-0.4, -0.2) is 30.2 Å². The number of ether oxygens (including phenoxy) is 1. The fraction of sp³-hybridized carbons (Fsp3) is 0.182. The zero-order valence-corrected chi connectivity index (χ0v) is 18.5. The van der Waals surface area contributed by atoms with Crippen molar-refractivity contribution in [2.75, 3.05) is 9.62 Å². The lowest BCUT2D eigenvalue weighted by Crippen LogP contribution is -2.28. The van der Waals surface area contributed by atoms with Gasteiger partial charge in [-0.05, 0) is 50.2 Å². The molecule has 1 aromatic heterocycles. The molecule has 1 saturated heterocycles. The van der Waals surface area contributed by atoms with Crippen molar-refractivity contribution in [2.45, 2.75) is 31.6 Å². The number of hydrogen-bond acceptors (Lipinski definition) is 7. The van der Waals surface area contributed by atoms with Crippen LogP contribution in [0.5, 0.6) is 11.8 Å². The molecule has 0 bridgehead atoms. The lowest BCUT2D eigenvalue weighted by molar-refractivity contribution is -0.121. The lowest BCUT2D eigenvalue weighted by Gasteiger charge is -2.16. The molecule has 0 atom stereocenters. The number of aromatic nitrogens is 2. The Kier molecular flexibility index (Phi) is 5.81. The standard InChI is InChI=1S/C22H19FN4O5S/c1-13-21(14(2)25-22(24-13)32-18-6-4-3-5-17(18)23)26-33(30,31)16-9-7-15(8-10-16)27-19(28)11-12-20(27)29/h3-10,26H,11-12H2,1-2H3. The summed E-state index contributed by atoms with van der Waals surface area (Å²) in [4.78, 5) is 33.0. The molecule has 4 rings (SSSR count). The summed E-state index contributed by atoms with van der Waals surface area (Å²) in [6, 6.07) is 11.1. The third-order valence-electron chi connectivity index (χ3n) is 4.98. The van der Waals surface area contributed by atoms with Crippen molar-refractivity contribution in [1.29, 1.82) is 0 Å². The number of sulfonamides is 1. The maximum atomic E-state index is 13.8. The Labute approximate surface area is 189 Å². The van der Waals surface area contributed by atoms with E-state index in [1.807, 2.05) is 0 Å². The number of nitrogens with zero attached hydrogens (tertiary/aromatic N) is 3. The first kappa shape index (κ1) is 22.3. The molecule has 2 amide bonds. The predicted octanol–water partition coefficient (Wildman–Crippen LogP) is 3.48. The predicted molar refractivity (Wildman–Crippen MR) is 117 cm³/mol. The van der Waals surface area contributed by atoms with E-state index in [4.69, 9.17) is 4.74 Å². The van der Waals surface area contributed by atoms with Crippen LogP contribution in [0.3, 0.4) is 0 Å². The van der Waals surface area contributed by atoms with E-state index in [2.05, 4.69) is 14.7 Å². The topological polar surface area (TPSA) is 119 Å². The van der Waals surface area contributed by atoms with E-state index >= 15 is 0 Å². The number of carbonyl (C=O) groups is 2. The van der Waals surface area contributed by atoms with E-state index in [-0.39, 0.29) is 58.4 Å². The van der Waals surface area contributed by atoms with Gasteiger partial charge in [-0.3, -0.25) is 19.2 Å². The summed E-state index contributed by atoms with van der Waals surface area (Å²) < 4.78 is 47.4. The Morgan fingerprint density at radius 2 is 1.52 bits per heavy atom. The van der Waals surface area contributed by atoms with Gasteiger partial charge in [-0.1, -0.05) is 12.1 Å². The van der Waals surface area contributed by atoms with E-state index in [1.165, 1.54) is 42.5 Å². The van der Waals surface area contributed by atoms with Gasteiger partial charge in [0.25, 0.3) is 10.0 Å². The molecule has 11 heteroatoms. The Morgan fingerprint density at radius 3 is 2.09 bits per heavy atom. The van der Waals surface area contributed by atoms with Crippen molar-refractivity contribution in [3.05, 3.63) is 65.7 Å². The molecule has 0 saturated carbocycles. The number of carbonyl (C=O) groups excluding carboxylic acids is 2. The highest BCUT2D eigenvalue weighted by Crippen LogP contribution is 2.28. The number of nitrogens with one attached hydrogen (secondary N) is 1. The number of amides is 2. The lowest BCUT2D eigenvalue weighted by atomic mass is 10.3. The van der Waals surface area contributed by atoms with Crippen molar-refractivity contribution >= 4 is 33.2 Å². The average Bonchev–Trinajstić information content (AvgIpc) is 3.10. The normalized spacial score (nSPS) is 14.0. The molecule has 1 fully saturated rings. The smallest absolute Gasteiger partial charge is 0.322 e. The molecular formula is C22H19FN4O5S. The van der Waals surface area contributed by atoms with E-state index in [0.29, 0.717) is 5.69 Å². The average molecular weight is 470 g/mol. The maximum Gasteiger partial charge on any atom is 0.322 e. The summed E-state index contributed by atoms with van der Waals surface area (Å²) in [5.41, 5.74) is 1.03. The van der Waals surface area contributed by atoms with Gasteiger partial charge >= 0.3 is 6.01 Å². The van der Waals surface area contributed by atoms with E-state index in [9.17, 15) is 22.4 Å². The van der Waals surface area contributed by atoms with Crippen LogP contribution in [-0.2, 0) is 19.6 Å². The molecule has 0 aliphatic carbocycles. The van der Waals surface area contributed by atoms with Crippen molar-refractivity contribution in [3.63, 3.8) is 0 Å². The van der Waals surface area contributed by atoms with Gasteiger partial charge in [0.1, 0.15) is 0 Å². The highest BCUT2D eigenvalue weighted by Gasteiger charge is 2.30. The molecule has 0 unspecified atom stereocenters. The largest absolute Gasteiger partial charge is 0.421 e. The summed E-state index contributed by atoms with van der Waals surface area (Å²) >= 11 is 0. The number of rotatable bonds is 6. The van der Waals surface area contributed by atoms with Crippen molar-refractivity contribution in [2.24, 2.45) is 0 Å². The first-order valence-electron chi connectivity index (χ1n) is 9.92. The van der Waals surface area contributed by atoms with Crippen LogP contribution in [0.2, 0.25) is 0 Å². The fourth-order valence-corrected chi connectivity index (χ4v) is 4.51. The van der Waals surface area contributed by atoms with Crippen LogP contribution in [0.15, 0.2) is 53.4 Å². The first-order valence-corrected chi connectivity index (χ1v) is 11.4. The highest BCUT2D eigenvalue weighted by atomic mass is 32.2. The van der Waals surface area contributed by atoms with Gasteiger partial charge in [0.2, 0.25) is 11.8 Å². The molecule has 2 heterocycles. The van der Waals surface area contributed by atoms with Gasteiger partial charge in [-0.15, -0.1) is 0 Å². The third kappa shape index (κ3) is 4.53. The van der Waals surface area contributed by atoms with Gasteiger partial charge in [0.05, 0.1) is 27.7 Å². The third-order valence-corrected chi connectivity index (χ3v) is 6.35. The van der Waals surface area contributed by atoms with Gasteiger partial charge in [-0.25, -0.2) is 12.8 Å². The van der Waals surface area contributed by atoms with Gasteiger partial charge in [0, 0.05) is 12.8 Å². The summed E-state index contributed by atoms with van der Waals surface area (Å²) in [6.07, 6.45) is 0.269. The molecule has 3 aromatic rings. The molecule has 1 aliphatic rings. The molecule has 33 heavy (non-hydrogen) atoms. The van der Waals surface area contributed by atoms with Crippen molar-refractivity contribution in [3.8, 4) is 11.8 Å². The number of hydrogen-bond donors (Lipinski definition) is 1. The highest BCUT2D eigenvalue weighted by molar-refractivity contribution is 7.92. The molecule has 0 radical (unpaired) electrons. The molecule has 9 nitrogen and oxygen atoms in total. The monoisotopic (exact) mass is 470 g/mol. The van der Waals surface area contributed by atoms with Crippen LogP contribution in [0.4, 0.5) is 15.8 Å². The maximum absolute atomic E-state index is 13.8. The minimum Gasteiger partial charge on any atom is -0.421 e. The SMILES string of the molecule is Cc1nc(Oc2ccccc2F)nc(C)c1NS(=O)(=O)c1ccc(N2C(=O)CCC2=O)cc1. The zero-order chi connectivity index (χ0) is 23.8. The minimum atomic E-state index is -4.02. The molecular weight excluding hydrogens is 451 g/mol. The molecule has 1 aliphatic heterocycles. The second-order valence-electron chi connectivity index (χ2n) is 7.31. The Hall–Kier alpha value is -3.86. The van der Waals surface area contributed by atoms with Crippen molar-refractivity contribution < 1.29 is 27.1 Å². The second kappa shape index (κ2) is 8.58. The van der Waals surface area contributed by atoms with E-state index in [1.54, 1.807) is 19.9 Å². The molecule has 170 valence electrons. The minimum absolute atomic E-state index is 0.0558. The number of halogens is 1. The summed E-state index contributed by atoms with van der Waals surface area (Å²) in [6.45, 7) is 3.13.